The Kier molecular flexibility index (Phi) is 5.24. The number of hydrogen-bond acceptors (Lipinski definition) is 1. The van der Waals surface area contributed by atoms with Crippen LogP contribution in [-0.2, 0) is 6.42 Å². The zero-order chi connectivity index (χ0) is 21.3. The van der Waals surface area contributed by atoms with Crippen molar-refractivity contribution in [3.8, 4) is 5.75 Å². The van der Waals surface area contributed by atoms with Gasteiger partial charge in [-0.1, -0.05) is 0 Å². The van der Waals surface area contributed by atoms with Gasteiger partial charge in [-0.05, 0) is 0 Å². The second kappa shape index (κ2) is 7.93. The van der Waals surface area contributed by atoms with Gasteiger partial charge in [0.1, 0.15) is 0 Å². The van der Waals surface area contributed by atoms with Crippen molar-refractivity contribution in [1.82, 2.24) is 0 Å². The maximum absolute atomic E-state index is 5.94. The van der Waals surface area contributed by atoms with Crippen molar-refractivity contribution < 1.29 is 4.74 Å². The third-order valence-corrected chi connectivity index (χ3v) is 17.5. The molecule has 1 unspecified atom stereocenters. The molecule has 156 valence electrons. The van der Waals surface area contributed by atoms with Gasteiger partial charge in [-0.3, -0.25) is 0 Å². The Hall–Kier alpha value is -2.41. The Morgan fingerprint density at radius 3 is 1.61 bits per heavy atom. The molecule has 0 saturated heterocycles. The van der Waals surface area contributed by atoms with Gasteiger partial charge < -0.3 is 0 Å². The van der Waals surface area contributed by atoms with E-state index in [9.17, 15) is 0 Å². The predicted molar refractivity (Wildman–Crippen MR) is 138 cm³/mol. The molecule has 1 nitrogen and oxygen atoms in total. The van der Waals surface area contributed by atoms with Gasteiger partial charge in [-0.25, -0.2) is 0 Å². The van der Waals surface area contributed by atoms with E-state index in [1.54, 1.807) is 7.11 Å². The topological polar surface area (TPSA) is 9.23 Å². The molecule has 0 aromatic heterocycles. The molecule has 0 saturated carbocycles. The molecular weight excluding hydrogens is 463 g/mol. The van der Waals surface area contributed by atoms with Crippen LogP contribution in [0.3, 0.4) is 0 Å². The second-order valence-electron chi connectivity index (χ2n) is 8.17. The van der Waals surface area contributed by atoms with E-state index in [0.717, 1.165) is 18.6 Å². The molecule has 1 aliphatic carbocycles. The Bertz CT molecular complexity index is 1090. The van der Waals surface area contributed by atoms with Crippen LogP contribution in [0.25, 0.3) is 0 Å². The number of ether oxygens (including phenoxy) is 1. The van der Waals surface area contributed by atoms with Crippen molar-refractivity contribution in [2.45, 2.75) is 18.5 Å². The molecule has 0 heterocycles. The standard InChI is InChI=1S/C28H26BrOP/c1-30-26-19-11-12-22-20-21-27(28(22)26)31(29,23-13-5-2-6-14-23,24-15-7-3-8-16-24)25-17-9-4-10-18-25/h2-19,27H,20-21H2,1H3. The van der Waals surface area contributed by atoms with Crippen LogP contribution in [0.5, 0.6) is 5.75 Å². The first-order valence-corrected chi connectivity index (χ1v) is 15.1. The number of fused-ring (bicyclic) bond motifs is 1. The fourth-order valence-corrected chi connectivity index (χ4v) is 14.4. The van der Waals surface area contributed by atoms with Crippen molar-refractivity contribution in [3.05, 3.63) is 120 Å². The molecule has 0 amide bonds. The van der Waals surface area contributed by atoms with E-state index in [0.29, 0.717) is 0 Å². The van der Waals surface area contributed by atoms with Crippen LogP contribution in [0.4, 0.5) is 0 Å². The summed E-state index contributed by atoms with van der Waals surface area (Å²) in [6.45, 7) is 0. The summed E-state index contributed by atoms with van der Waals surface area (Å²) in [5.41, 5.74) is 3.04. The molecule has 31 heavy (non-hydrogen) atoms. The fourth-order valence-electron chi connectivity index (χ4n) is 5.43. The first-order valence-electron chi connectivity index (χ1n) is 10.7. The van der Waals surface area contributed by atoms with Crippen molar-refractivity contribution in [2.24, 2.45) is 0 Å². The van der Waals surface area contributed by atoms with E-state index in [2.05, 4.69) is 125 Å². The van der Waals surface area contributed by atoms with E-state index in [1.165, 1.54) is 27.0 Å². The van der Waals surface area contributed by atoms with Crippen LogP contribution in [0.15, 0.2) is 109 Å². The zero-order valence-corrected chi connectivity index (χ0v) is 20.1. The Morgan fingerprint density at radius 2 is 1.16 bits per heavy atom. The summed E-state index contributed by atoms with van der Waals surface area (Å²) in [6.07, 6.45) is 2.14. The average Bonchev–Trinajstić information content (AvgIpc) is 3.31. The van der Waals surface area contributed by atoms with Crippen molar-refractivity contribution in [2.75, 3.05) is 7.11 Å². The van der Waals surface area contributed by atoms with Crippen LogP contribution in [0.1, 0.15) is 23.2 Å². The zero-order valence-electron chi connectivity index (χ0n) is 17.6. The molecule has 1 aliphatic rings. The van der Waals surface area contributed by atoms with Gasteiger partial charge in [0.25, 0.3) is 0 Å². The number of aryl methyl sites for hydroxylation is 1. The first kappa shape index (κ1) is 20.5. The molecule has 0 bridgehead atoms. The van der Waals surface area contributed by atoms with Crippen LogP contribution in [0.2, 0.25) is 0 Å². The van der Waals surface area contributed by atoms with E-state index in [-0.39, 0.29) is 5.66 Å². The molecule has 4 aromatic rings. The van der Waals surface area contributed by atoms with Crippen LogP contribution in [-0.4, -0.2) is 7.11 Å². The summed E-state index contributed by atoms with van der Waals surface area (Å²) >= 11 is 4.65. The second-order valence-corrected chi connectivity index (χ2v) is 16.9. The fraction of sp³-hybridized carbons (Fsp3) is 0.143. The molecule has 0 aliphatic heterocycles. The number of halogens is 1. The van der Waals surface area contributed by atoms with Crippen LogP contribution in [0, 0.1) is 0 Å². The van der Waals surface area contributed by atoms with Gasteiger partial charge in [0.2, 0.25) is 0 Å². The number of methoxy groups -OCH3 is 1. The van der Waals surface area contributed by atoms with Gasteiger partial charge in [0, 0.05) is 0 Å². The number of hydrogen-bond donors (Lipinski definition) is 0. The van der Waals surface area contributed by atoms with Gasteiger partial charge in [0.05, 0.1) is 0 Å². The van der Waals surface area contributed by atoms with Crippen molar-refractivity contribution in [1.29, 1.82) is 0 Å². The Labute approximate surface area is 192 Å². The number of benzene rings is 4. The Balaban J connectivity index is 1.95. The Morgan fingerprint density at radius 1 is 0.677 bits per heavy atom. The van der Waals surface area contributed by atoms with Gasteiger partial charge in [0.15, 0.2) is 0 Å². The van der Waals surface area contributed by atoms with Gasteiger partial charge in [-0.2, -0.15) is 0 Å². The average molecular weight is 489 g/mol. The molecule has 4 aromatic carbocycles. The van der Waals surface area contributed by atoms with Crippen molar-refractivity contribution >= 4 is 36.7 Å². The summed E-state index contributed by atoms with van der Waals surface area (Å²) in [7, 11) is 1.79. The summed E-state index contributed by atoms with van der Waals surface area (Å²) in [4.78, 5) is 0. The van der Waals surface area contributed by atoms with E-state index in [4.69, 9.17) is 4.74 Å². The molecule has 5 rings (SSSR count). The third kappa shape index (κ3) is 2.93. The van der Waals surface area contributed by atoms with E-state index >= 15 is 0 Å². The molecule has 0 N–H and O–H groups in total. The molecule has 0 fully saturated rings. The SMILES string of the molecule is COc1cccc2c1C(P(Br)(c1ccccc1)(c1ccccc1)c1ccccc1)CC2. The molecule has 3 heteroatoms. The summed E-state index contributed by atoms with van der Waals surface area (Å²) in [6, 6.07) is 39.7. The monoisotopic (exact) mass is 488 g/mol. The van der Waals surface area contributed by atoms with E-state index < -0.39 is 5.31 Å². The van der Waals surface area contributed by atoms with Crippen LogP contribution < -0.4 is 20.7 Å². The molecular formula is C28H26BrOP. The minimum atomic E-state index is -3.08. The van der Waals surface area contributed by atoms with Gasteiger partial charge in [-0.15, -0.1) is 0 Å². The third-order valence-electron chi connectivity index (χ3n) is 6.77. The molecule has 0 spiro atoms. The maximum atomic E-state index is 5.94. The van der Waals surface area contributed by atoms with Crippen LogP contribution >= 0.6 is 20.8 Å². The van der Waals surface area contributed by atoms with Gasteiger partial charge >= 0.3 is 193 Å². The molecule has 0 radical (unpaired) electrons. The normalized spacial score (nSPS) is 16.8. The van der Waals surface area contributed by atoms with E-state index in [1.807, 2.05) is 0 Å². The minimum absolute atomic E-state index is 0.282. The number of rotatable bonds is 5. The predicted octanol–water partition coefficient (Wildman–Crippen LogP) is 6.52. The van der Waals surface area contributed by atoms with Crippen molar-refractivity contribution in [3.63, 3.8) is 0 Å². The summed E-state index contributed by atoms with van der Waals surface area (Å²) in [5, 5.41) is 0.985. The summed E-state index contributed by atoms with van der Waals surface area (Å²) in [5.74, 6) is 0.997. The quantitative estimate of drug-likeness (QED) is 0.290. The molecule has 1 atom stereocenters. The summed E-state index contributed by atoms with van der Waals surface area (Å²) < 4.78 is 5.94. The first-order chi connectivity index (χ1) is 15.2.